The van der Waals surface area contributed by atoms with E-state index in [4.69, 9.17) is 4.74 Å². The largest absolute Gasteiger partial charge is 0.465 e. The molecule has 0 unspecified atom stereocenters. The number of aromatic nitrogens is 2. The van der Waals surface area contributed by atoms with Crippen molar-refractivity contribution in [2.24, 2.45) is 5.41 Å². The van der Waals surface area contributed by atoms with E-state index in [-0.39, 0.29) is 17.4 Å². The van der Waals surface area contributed by atoms with Gasteiger partial charge in [0, 0.05) is 31.3 Å². The zero-order valence-electron chi connectivity index (χ0n) is 11.0. The molecule has 0 N–H and O–H groups in total. The Morgan fingerprint density at radius 2 is 2.11 bits per heavy atom. The average Bonchev–Trinajstić information content (AvgIpc) is 2.81. The summed E-state index contributed by atoms with van der Waals surface area (Å²) < 4.78 is 5.72. The number of nitrogens with zero attached hydrogens (tertiary/aromatic N) is 3. The van der Waals surface area contributed by atoms with Crippen LogP contribution in [-0.4, -0.2) is 40.2 Å². The molecule has 1 fully saturated rings. The van der Waals surface area contributed by atoms with Crippen LogP contribution >= 0.6 is 11.3 Å². The van der Waals surface area contributed by atoms with E-state index in [1.54, 1.807) is 5.51 Å². The Morgan fingerprint density at radius 3 is 2.61 bits per heavy atom. The summed E-state index contributed by atoms with van der Waals surface area (Å²) in [5, 5.41) is 8.23. The summed E-state index contributed by atoms with van der Waals surface area (Å²) in [7, 11) is 0. The molecule has 1 saturated heterocycles. The Bertz CT molecular complexity index is 392. The summed E-state index contributed by atoms with van der Waals surface area (Å²) in [5.41, 5.74) is 1.36. The third kappa shape index (κ3) is 3.19. The summed E-state index contributed by atoms with van der Waals surface area (Å²) in [6, 6.07) is 0. The highest BCUT2D eigenvalue weighted by molar-refractivity contribution is 7.11. The van der Waals surface area contributed by atoms with Crippen molar-refractivity contribution in [1.82, 2.24) is 15.1 Å². The normalized spacial score (nSPS) is 17.8. The second-order valence-electron chi connectivity index (χ2n) is 5.56. The Kier molecular flexibility index (Phi) is 3.85. The van der Waals surface area contributed by atoms with Crippen LogP contribution in [0.3, 0.4) is 0 Å². The van der Waals surface area contributed by atoms with Gasteiger partial charge in [-0.05, 0) is 0 Å². The molecule has 0 aromatic carbocycles. The van der Waals surface area contributed by atoms with Gasteiger partial charge in [-0.1, -0.05) is 32.1 Å². The monoisotopic (exact) mass is 269 g/mol. The average molecular weight is 269 g/mol. The molecule has 1 aliphatic rings. The van der Waals surface area contributed by atoms with Crippen molar-refractivity contribution in [1.29, 1.82) is 0 Å². The quantitative estimate of drug-likeness (QED) is 0.823. The highest BCUT2D eigenvalue weighted by Crippen LogP contribution is 2.23. The fourth-order valence-electron chi connectivity index (χ4n) is 2.01. The van der Waals surface area contributed by atoms with E-state index < -0.39 is 0 Å². The van der Waals surface area contributed by atoms with Gasteiger partial charge in [0.1, 0.15) is 11.6 Å². The molecule has 1 amide bonds. The van der Waals surface area contributed by atoms with Gasteiger partial charge in [-0.15, -0.1) is 10.2 Å². The van der Waals surface area contributed by atoms with Gasteiger partial charge in [0.2, 0.25) is 5.91 Å². The maximum Gasteiger partial charge on any atom is 0.294 e. The summed E-state index contributed by atoms with van der Waals surface area (Å²) in [5.74, 6) is 0.219. The molecular formula is C12H19N3O2S. The van der Waals surface area contributed by atoms with Gasteiger partial charge >= 0.3 is 0 Å². The number of ether oxygens (including phenoxy) is 1. The van der Waals surface area contributed by atoms with Crippen molar-refractivity contribution >= 4 is 17.2 Å². The summed E-state index contributed by atoms with van der Waals surface area (Å²) >= 11 is 1.40. The fourth-order valence-corrected chi connectivity index (χ4v) is 2.48. The predicted octanol–water partition coefficient (Wildman–Crippen LogP) is 1.95. The molecule has 2 heterocycles. The van der Waals surface area contributed by atoms with Crippen molar-refractivity contribution in [3.8, 4) is 5.19 Å². The molecule has 0 radical (unpaired) electrons. The van der Waals surface area contributed by atoms with Gasteiger partial charge in [0.05, 0.1) is 0 Å². The van der Waals surface area contributed by atoms with Crippen molar-refractivity contribution < 1.29 is 9.53 Å². The minimum atomic E-state index is -0.299. The number of piperidine rings is 1. The van der Waals surface area contributed by atoms with E-state index in [0.717, 1.165) is 25.9 Å². The number of amides is 1. The first-order valence-corrected chi connectivity index (χ1v) is 7.07. The molecule has 1 aromatic rings. The highest BCUT2D eigenvalue weighted by atomic mass is 32.1. The lowest BCUT2D eigenvalue weighted by Crippen LogP contribution is -2.46. The first-order chi connectivity index (χ1) is 8.47. The molecule has 1 aliphatic heterocycles. The molecule has 0 atom stereocenters. The Morgan fingerprint density at radius 1 is 1.44 bits per heavy atom. The minimum Gasteiger partial charge on any atom is -0.465 e. The zero-order valence-corrected chi connectivity index (χ0v) is 11.9. The number of rotatable bonds is 2. The van der Waals surface area contributed by atoms with Crippen LogP contribution in [0.15, 0.2) is 5.51 Å². The molecule has 0 saturated carbocycles. The predicted molar refractivity (Wildman–Crippen MR) is 69.6 cm³/mol. The van der Waals surface area contributed by atoms with E-state index in [1.807, 2.05) is 25.7 Å². The molecule has 5 nitrogen and oxygen atoms in total. The van der Waals surface area contributed by atoms with E-state index >= 15 is 0 Å². The van der Waals surface area contributed by atoms with Crippen molar-refractivity contribution in [2.45, 2.75) is 39.7 Å². The topological polar surface area (TPSA) is 55.3 Å². The number of carbonyl (C=O) groups excluding carboxylic acids is 1. The van der Waals surface area contributed by atoms with Crippen molar-refractivity contribution in [3.63, 3.8) is 0 Å². The van der Waals surface area contributed by atoms with Crippen LogP contribution < -0.4 is 4.74 Å². The Balaban J connectivity index is 1.83. The van der Waals surface area contributed by atoms with Crippen LogP contribution in [0.1, 0.15) is 33.6 Å². The lowest BCUT2D eigenvalue weighted by molar-refractivity contribution is -0.141. The first kappa shape index (κ1) is 13.3. The van der Waals surface area contributed by atoms with Crippen LogP contribution in [0, 0.1) is 5.41 Å². The lowest BCUT2D eigenvalue weighted by Gasteiger charge is -2.35. The van der Waals surface area contributed by atoms with Gasteiger partial charge in [-0.25, -0.2) is 0 Å². The number of carbonyl (C=O) groups is 1. The molecule has 6 heteroatoms. The number of hydrogen-bond acceptors (Lipinski definition) is 5. The van der Waals surface area contributed by atoms with Crippen LogP contribution in [0.4, 0.5) is 0 Å². The van der Waals surface area contributed by atoms with Crippen LogP contribution in [0.5, 0.6) is 5.19 Å². The van der Waals surface area contributed by atoms with E-state index in [2.05, 4.69) is 10.2 Å². The summed E-state index contributed by atoms with van der Waals surface area (Å²) in [6.07, 6.45) is 1.88. The second-order valence-corrected chi connectivity index (χ2v) is 6.36. The summed E-state index contributed by atoms with van der Waals surface area (Å²) in [4.78, 5) is 14.0. The number of likely N-dealkylation sites (tertiary alicyclic amines) is 1. The zero-order chi connectivity index (χ0) is 13.2. The van der Waals surface area contributed by atoms with E-state index in [1.165, 1.54) is 11.3 Å². The summed E-state index contributed by atoms with van der Waals surface area (Å²) in [6.45, 7) is 7.40. The maximum atomic E-state index is 12.1. The molecule has 0 bridgehead atoms. The van der Waals surface area contributed by atoms with Gasteiger partial charge < -0.3 is 9.64 Å². The Hall–Kier alpha value is -1.17. The highest BCUT2D eigenvalue weighted by Gasteiger charge is 2.31. The maximum absolute atomic E-state index is 12.1. The molecule has 0 spiro atoms. The van der Waals surface area contributed by atoms with Crippen LogP contribution in [0.25, 0.3) is 0 Å². The Labute approximate surface area is 111 Å². The SMILES string of the molecule is CC(C)(C)C(=O)N1CCC(Oc2nncs2)CC1. The molecule has 1 aromatic heterocycles. The van der Waals surface area contributed by atoms with Gasteiger partial charge in [0.15, 0.2) is 0 Å². The molecule has 18 heavy (non-hydrogen) atoms. The van der Waals surface area contributed by atoms with Crippen molar-refractivity contribution in [2.75, 3.05) is 13.1 Å². The molecular weight excluding hydrogens is 250 g/mol. The minimum absolute atomic E-state index is 0.155. The van der Waals surface area contributed by atoms with Gasteiger partial charge in [-0.2, -0.15) is 0 Å². The van der Waals surface area contributed by atoms with Crippen LogP contribution in [0.2, 0.25) is 0 Å². The molecule has 0 aliphatic carbocycles. The smallest absolute Gasteiger partial charge is 0.294 e. The molecule has 2 rings (SSSR count). The number of hydrogen-bond donors (Lipinski definition) is 0. The second kappa shape index (κ2) is 5.22. The standard InChI is InChI=1S/C12H19N3O2S/c1-12(2,3)10(16)15-6-4-9(5-7-15)17-11-14-13-8-18-11/h8-9H,4-7H2,1-3H3. The van der Waals surface area contributed by atoms with Crippen molar-refractivity contribution in [3.05, 3.63) is 5.51 Å². The molecule has 100 valence electrons. The fraction of sp³-hybridized carbons (Fsp3) is 0.750. The third-order valence-corrected chi connectivity index (χ3v) is 3.56. The van der Waals surface area contributed by atoms with Crippen LogP contribution in [-0.2, 0) is 4.79 Å². The lowest BCUT2D eigenvalue weighted by atomic mass is 9.93. The van der Waals surface area contributed by atoms with Gasteiger partial charge in [0.25, 0.3) is 5.19 Å². The van der Waals surface area contributed by atoms with E-state index in [0.29, 0.717) is 5.19 Å². The van der Waals surface area contributed by atoms with Gasteiger partial charge in [-0.3, -0.25) is 4.79 Å². The first-order valence-electron chi connectivity index (χ1n) is 6.19. The van der Waals surface area contributed by atoms with E-state index in [9.17, 15) is 4.79 Å². The third-order valence-electron chi connectivity index (χ3n) is 2.98.